The molecule has 1 N–H and O–H groups in total. The van der Waals surface area contributed by atoms with Gasteiger partial charge in [0.15, 0.2) is 5.17 Å². The maximum Gasteiger partial charge on any atom is 0.156 e. The Hall–Kier alpha value is -0.180. The van der Waals surface area contributed by atoms with Gasteiger partial charge in [0.2, 0.25) is 0 Å². The van der Waals surface area contributed by atoms with Crippen LogP contribution in [-0.4, -0.2) is 23.5 Å². The highest BCUT2D eigenvalue weighted by Gasteiger charge is 2.20. The molecular weight excluding hydrogens is 240 g/mol. The van der Waals surface area contributed by atoms with Crippen LogP contribution < -0.4 is 5.32 Å². The number of hydrogen-bond acceptors (Lipinski definition) is 3. The second-order valence-electron chi connectivity index (χ2n) is 6.23. The minimum Gasteiger partial charge on any atom is -0.365 e. The average Bonchev–Trinajstić information content (AvgIpc) is 2.77. The lowest BCUT2D eigenvalue weighted by molar-refractivity contribution is 0.339. The van der Waals surface area contributed by atoms with E-state index in [9.17, 15) is 0 Å². The summed E-state index contributed by atoms with van der Waals surface area (Å²) < 4.78 is 0. The zero-order chi connectivity index (χ0) is 12.8. The molecule has 2 aliphatic rings. The van der Waals surface area contributed by atoms with E-state index in [-0.39, 0.29) is 0 Å². The Labute approximate surface area is 116 Å². The first-order valence-corrected chi connectivity index (χ1v) is 8.57. The summed E-state index contributed by atoms with van der Waals surface area (Å²) in [5, 5.41) is 5.47. The van der Waals surface area contributed by atoms with Gasteiger partial charge >= 0.3 is 0 Å². The fourth-order valence-corrected chi connectivity index (χ4v) is 4.30. The summed E-state index contributed by atoms with van der Waals surface area (Å²) in [6.45, 7) is 6.75. The molecule has 2 nitrogen and oxygen atoms in total. The fraction of sp³-hybridized carbons (Fsp3) is 0.933. The van der Waals surface area contributed by atoms with E-state index in [2.05, 4.69) is 24.2 Å². The van der Waals surface area contributed by atoms with Gasteiger partial charge in [-0.3, -0.25) is 4.99 Å². The van der Waals surface area contributed by atoms with Crippen LogP contribution in [-0.2, 0) is 0 Å². The van der Waals surface area contributed by atoms with Gasteiger partial charge in [0.05, 0.1) is 6.54 Å². The Balaban J connectivity index is 1.57. The zero-order valence-electron chi connectivity index (χ0n) is 12.0. The molecule has 0 aromatic carbocycles. The van der Waals surface area contributed by atoms with Crippen molar-refractivity contribution in [3.63, 3.8) is 0 Å². The van der Waals surface area contributed by atoms with Crippen LogP contribution in [0.4, 0.5) is 0 Å². The van der Waals surface area contributed by atoms with Gasteiger partial charge in [0.25, 0.3) is 0 Å². The van der Waals surface area contributed by atoms with Crippen LogP contribution in [0.1, 0.15) is 58.8 Å². The molecule has 1 aliphatic heterocycles. The predicted molar refractivity (Wildman–Crippen MR) is 82.3 cm³/mol. The van der Waals surface area contributed by atoms with Crippen molar-refractivity contribution in [2.75, 3.05) is 13.1 Å². The van der Waals surface area contributed by atoms with Crippen molar-refractivity contribution in [2.24, 2.45) is 16.8 Å². The summed E-state index contributed by atoms with van der Waals surface area (Å²) in [7, 11) is 0. The van der Waals surface area contributed by atoms with E-state index in [4.69, 9.17) is 0 Å². The molecular formula is C15H28N2S. The highest BCUT2D eigenvalue weighted by Crippen LogP contribution is 2.27. The first kappa shape index (κ1) is 14.2. The van der Waals surface area contributed by atoms with Crippen molar-refractivity contribution in [2.45, 2.75) is 64.0 Å². The van der Waals surface area contributed by atoms with Crippen LogP contribution in [0.2, 0.25) is 0 Å². The third-order valence-corrected chi connectivity index (χ3v) is 5.18. The van der Waals surface area contributed by atoms with Gasteiger partial charge in [0.1, 0.15) is 0 Å². The van der Waals surface area contributed by atoms with Crippen LogP contribution in [0.5, 0.6) is 0 Å². The van der Waals surface area contributed by atoms with Crippen LogP contribution >= 0.6 is 11.8 Å². The molecule has 2 rings (SSSR count). The minimum atomic E-state index is 0.724. The topological polar surface area (TPSA) is 24.4 Å². The summed E-state index contributed by atoms with van der Waals surface area (Å²) >= 11 is 1.96. The first-order valence-electron chi connectivity index (χ1n) is 7.69. The number of thioether (sulfide) groups is 1. The number of aliphatic imine (C=N–C) groups is 1. The highest BCUT2D eigenvalue weighted by molar-refractivity contribution is 8.14. The van der Waals surface area contributed by atoms with Crippen molar-refractivity contribution in [3.05, 3.63) is 0 Å². The lowest BCUT2D eigenvalue weighted by atomic mass is 9.87. The number of nitrogens with one attached hydrogen (secondary N) is 1. The molecule has 0 aromatic heterocycles. The maximum atomic E-state index is 4.62. The third kappa shape index (κ3) is 4.83. The molecule has 1 heterocycles. The van der Waals surface area contributed by atoms with Crippen LogP contribution in [0.3, 0.4) is 0 Å². The standard InChI is InChI=1S/C15H28N2S/c1-12(2)10-14-11-17-15(18-14)16-9-8-13-6-4-3-5-7-13/h12-14H,3-11H2,1-2H3,(H,16,17). The van der Waals surface area contributed by atoms with E-state index in [0.29, 0.717) is 0 Å². The molecule has 1 unspecified atom stereocenters. The summed E-state index contributed by atoms with van der Waals surface area (Å²) in [4.78, 5) is 4.62. The normalized spacial score (nSPS) is 25.5. The lowest BCUT2D eigenvalue weighted by Gasteiger charge is -2.21. The fourth-order valence-electron chi connectivity index (χ4n) is 3.02. The largest absolute Gasteiger partial charge is 0.365 e. The third-order valence-electron chi connectivity index (χ3n) is 4.00. The quantitative estimate of drug-likeness (QED) is 0.813. The number of rotatable bonds is 5. The average molecular weight is 268 g/mol. The monoisotopic (exact) mass is 268 g/mol. The van der Waals surface area contributed by atoms with Gasteiger partial charge in [-0.15, -0.1) is 0 Å². The van der Waals surface area contributed by atoms with E-state index < -0.39 is 0 Å². The number of amidine groups is 1. The Morgan fingerprint density at radius 2 is 2.06 bits per heavy atom. The molecule has 18 heavy (non-hydrogen) atoms. The molecule has 0 spiro atoms. The molecule has 0 amide bonds. The van der Waals surface area contributed by atoms with Crippen molar-refractivity contribution >= 4 is 16.9 Å². The first-order chi connectivity index (χ1) is 8.74. The molecule has 0 aromatic rings. The molecule has 104 valence electrons. The van der Waals surface area contributed by atoms with Gasteiger partial charge < -0.3 is 5.32 Å². The maximum absolute atomic E-state index is 4.62. The second-order valence-corrected chi connectivity index (χ2v) is 7.52. The van der Waals surface area contributed by atoms with E-state index in [1.54, 1.807) is 0 Å². The van der Waals surface area contributed by atoms with Crippen molar-refractivity contribution in [3.8, 4) is 0 Å². The minimum absolute atomic E-state index is 0.724. The van der Waals surface area contributed by atoms with Gasteiger partial charge in [-0.1, -0.05) is 57.7 Å². The van der Waals surface area contributed by atoms with E-state index in [1.165, 1.54) is 50.1 Å². The summed E-state index contributed by atoms with van der Waals surface area (Å²) in [6, 6.07) is 0. The Morgan fingerprint density at radius 1 is 1.28 bits per heavy atom. The van der Waals surface area contributed by atoms with Crippen LogP contribution in [0, 0.1) is 11.8 Å². The van der Waals surface area contributed by atoms with Gasteiger partial charge in [-0.25, -0.2) is 0 Å². The zero-order valence-corrected chi connectivity index (χ0v) is 12.8. The van der Waals surface area contributed by atoms with Crippen LogP contribution in [0.25, 0.3) is 0 Å². The molecule has 0 bridgehead atoms. The molecule has 1 atom stereocenters. The lowest BCUT2D eigenvalue weighted by Crippen LogP contribution is -2.23. The molecule has 1 saturated carbocycles. The SMILES string of the molecule is CC(C)CC1CN=C(NCCC2CCCCC2)S1. The van der Waals surface area contributed by atoms with Gasteiger partial charge in [-0.2, -0.15) is 0 Å². The van der Waals surface area contributed by atoms with Gasteiger partial charge in [0, 0.05) is 11.8 Å². The summed E-state index contributed by atoms with van der Waals surface area (Å²) in [6.07, 6.45) is 9.92. The van der Waals surface area contributed by atoms with Crippen molar-refractivity contribution in [1.29, 1.82) is 0 Å². The summed E-state index contributed by atoms with van der Waals surface area (Å²) in [5.41, 5.74) is 0. The molecule has 0 saturated heterocycles. The molecule has 3 heteroatoms. The smallest absolute Gasteiger partial charge is 0.156 e. The van der Waals surface area contributed by atoms with Gasteiger partial charge in [-0.05, 0) is 24.7 Å². The number of hydrogen-bond donors (Lipinski definition) is 1. The summed E-state index contributed by atoms with van der Waals surface area (Å²) in [5.74, 6) is 1.77. The predicted octanol–water partition coefficient (Wildman–Crippen LogP) is 4.06. The van der Waals surface area contributed by atoms with E-state index >= 15 is 0 Å². The van der Waals surface area contributed by atoms with Crippen molar-refractivity contribution < 1.29 is 0 Å². The molecule has 1 aliphatic carbocycles. The molecule has 0 radical (unpaired) electrons. The van der Waals surface area contributed by atoms with Crippen molar-refractivity contribution in [1.82, 2.24) is 5.32 Å². The Bertz CT molecular complexity index is 270. The van der Waals surface area contributed by atoms with Crippen LogP contribution in [0.15, 0.2) is 4.99 Å². The second kappa shape index (κ2) is 7.42. The number of nitrogens with zero attached hydrogens (tertiary/aromatic N) is 1. The highest BCUT2D eigenvalue weighted by atomic mass is 32.2. The Kier molecular flexibility index (Phi) is 5.87. The van der Waals surface area contributed by atoms with E-state index in [1.807, 2.05) is 11.8 Å². The van der Waals surface area contributed by atoms with E-state index in [0.717, 1.165) is 30.2 Å². The Morgan fingerprint density at radius 3 is 2.78 bits per heavy atom. The molecule has 1 fully saturated rings.